The number of aryl methyl sites for hydroxylation is 1. The van der Waals surface area contributed by atoms with E-state index >= 15 is 0 Å². The van der Waals surface area contributed by atoms with Gasteiger partial charge in [-0.25, -0.2) is 4.79 Å². The van der Waals surface area contributed by atoms with E-state index in [0.717, 1.165) is 30.0 Å². The maximum Gasteiger partial charge on any atom is 0.411 e. The van der Waals surface area contributed by atoms with Crippen LogP contribution >= 0.6 is 0 Å². The van der Waals surface area contributed by atoms with Gasteiger partial charge in [-0.05, 0) is 59.9 Å². The number of amides is 1. The van der Waals surface area contributed by atoms with Gasteiger partial charge in [-0.15, -0.1) is 0 Å². The molecule has 0 saturated heterocycles. The standard InChI is InChI=1S/C27H30N2O3/c1-4-29(15-16-31-3)20-13-14-26(19(2)17-20)28-27(30)32-18-25-23-11-7-5-9-21(23)22-10-6-8-12-24(22)25/h5-14,17,25H,4,15-16,18H2,1-3H3,(H,28,30). The van der Waals surface area contributed by atoms with E-state index in [1.807, 2.05) is 43.3 Å². The molecule has 5 heteroatoms. The van der Waals surface area contributed by atoms with Gasteiger partial charge in [-0.2, -0.15) is 0 Å². The monoisotopic (exact) mass is 430 g/mol. The number of nitrogens with zero attached hydrogens (tertiary/aromatic N) is 1. The second kappa shape index (κ2) is 9.88. The van der Waals surface area contributed by atoms with Crippen molar-refractivity contribution in [2.45, 2.75) is 19.8 Å². The number of likely N-dealkylation sites (N-methyl/N-ethyl adjacent to an activating group) is 1. The van der Waals surface area contributed by atoms with Gasteiger partial charge in [0.15, 0.2) is 0 Å². The number of benzene rings is 3. The van der Waals surface area contributed by atoms with Gasteiger partial charge in [0, 0.05) is 37.5 Å². The van der Waals surface area contributed by atoms with Crippen molar-refractivity contribution in [2.24, 2.45) is 0 Å². The predicted octanol–water partition coefficient (Wildman–Crippen LogP) is 5.83. The fourth-order valence-corrected chi connectivity index (χ4v) is 4.40. The first-order chi connectivity index (χ1) is 15.6. The number of hydrogen-bond acceptors (Lipinski definition) is 4. The molecule has 0 heterocycles. The summed E-state index contributed by atoms with van der Waals surface area (Å²) in [5.74, 6) is 0.0514. The second-order valence-corrected chi connectivity index (χ2v) is 8.02. The maximum atomic E-state index is 12.6. The first-order valence-electron chi connectivity index (χ1n) is 11.1. The van der Waals surface area contributed by atoms with Crippen LogP contribution in [0, 0.1) is 6.92 Å². The number of ether oxygens (including phenoxy) is 2. The second-order valence-electron chi connectivity index (χ2n) is 8.02. The van der Waals surface area contributed by atoms with E-state index in [9.17, 15) is 4.79 Å². The van der Waals surface area contributed by atoms with Gasteiger partial charge in [0.25, 0.3) is 0 Å². The van der Waals surface area contributed by atoms with Crippen LogP contribution in [0.25, 0.3) is 11.1 Å². The minimum atomic E-state index is -0.436. The van der Waals surface area contributed by atoms with Crippen LogP contribution in [0.15, 0.2) is 66.7 Å². The lowest BCUT2D eigenvalue weighted by atomic mass is 9.98. The summed E-state index contributed by atoms with van der Waals surface area (Å²) in [7, 11) is 1.71. The van der Waals surface area contributed by atoms with Gasteiger partial charge < -0.3 is 14.4 Å². The number of carbonyl (C=O) groups excluding carboxylic acids is 1. The topological polar surface area (TPSA) is 50.8 Å². The number of methoxy groups -OCH3 is 1. The lowest BCUT2D eigenvalue weighted by Gasteiger charge is -2.23. The highest BCUT2D eigenvalue weighted by Gasteiger charge is 2.29. The molecule has 0 radical (unpaired) electrons. The van der Waals surface area contributed by atoms with E-state index in [1.54, 1.807) is 7.11 Å². The summed E-state index contributed by atoms with van der Waals surface area (Å²) in [6.07, 6.45) is -0.436. The Labute approximate surface area is 190 Å². The van der Waals surface area contributed by atoms with Crippen molar-refractivity contribution in [3.05, 3.63) is 83.4 Å². The molecule has 0 aromatic heterocycles. The van der Waals surface area contributed by atoms with E-state index in [4.69, 9.17) is 9.47 Å². The van der Waals surface area contributed by atoms with Crippen LogP contribution in [0.2, 0.25) is 0 Å². The first kappa shape index (κ1) is 21.9. The highest BCUT2D eigenvalue weighted by molar-refractivity contribution is 5.86. The minimum Gasteiger partial charge on any atom is -0.448 e. The van der Waals surface area contributed by atoms with Gasteiger partial charge in [0.1, 0.15) is 6.61 Å². The van der Waals surface area contributed by atoms with Gasteiger partial charge in [0.2, 0.25) is 0 Å². The fraction of sp³-hybridized carbons (Fsp3) is 0.296. The van der Waals surface area contributed by atoms with E-state index in [2.05, 4.69) is 47.5 Å². The third kappa shape index (κ3) is 4.48. The molecule has 4 rings (SSSR count). The molecule has 0 aliphatic heterocycles. The lowest BCUT2D eigenvalue weighted by molar-refractivity contribution is 0.158. The zero-order chi connectivity index (χ0) is 22.5. The SMILES string of the molecule is CCN(CCOC)c1ccc(NC(=O)OCC2c3ccccc3-c3ccccc32)c(C)c1. The number of carbonyl (C=O) groups is 1. The van der Waals surface area contributed by atoms with Gasteiger partial charge in [-0.1, -0.05) is 48.5 Å². The molecule has 1 aliphatic rings. The molecule has 0 spiro atoms. The van der Waals surface area contributed by atoms with Crippen molar-refractivity contribution in [3.63, 3.8) is 0 Å². The molecule has 1 aliphatic carbocycles. The van der Waals surface area contributed by atoms with Crippen molar-refractivity contribution in [3.8, 4) is 11.1 Å². The van der Waals surface area contributed by atoms with Crippen LogP contribution in [0.3, 0.4) is 0 Å². The summed E-state index contributed by atoms with van der Waals surface area (Å²) in [4.78, 5) is 14.8. The summed E-state index contributed by atoms with van der Waals surface area (Å²) in [6, 6.07) is 22.7. The molecule has 166 valence electrons. The first-order valence-corrected chi connectivity index (χ1v) is 11.1. The minimum absolute atomic E-state index is 0.0514. The Bertz CT molecular complexity index is 1050. The largest absolute Gasteiger partial charge is 0.448 e. The molecule has 5 nitrogen and oxygen atoms in total. The van der Waals surface area contributed by atoms with E-state index in [-0.39, 0.29) is 5.92 Å². The summed E-state index contributed by atoms with van der Waals surface area (Å²) in [5.41, 5.74) is 7.71. The maximum absolute atomic E-state index is 12.6. The van der Waals surface area contributed by atoms with Crippen LogP contribution in [0.4, 0.5) is 16.2 Å². The average molecular weight is 431 g/mol. The molecule has 1 N–H and O–H groups in total. The fourth-order valence-electron chi connectivity index (χ4n) is 4.40. The lowest BCUT2D eigenvalue weighted by Crippen LogP contribution is -2.27. The normalized spacial score (nSPS) is 12.2. The van der Waals surface area contributed by atoms with Crippen LogP contribution < -0.4 is 10.2 Å². The van der Waals surface area contributed by atoms with Gasteiger partial charge >= 0.3 is 6.09 Å². The number of nitrogens with one attached hydrogen (secondary N) is 1. The quantitative estimate of drug-likeness (QED) is 0.489. The Hall–Kier alpha value is -3.31. The Morgan fingerprint density at radius 1 is 1.00 bits per heavy atom. The molecule has 1 amide bonds. The van der Waals surface area contributed by atoms with E-state index < -0.39 is 6.09 Å². The summed E-state index contributed by atoms with van der Waals surface area (Å²) < 4.78 is 10.9. The Morgan fingerprint density at radius 2 is 1.66 bits per heavy atom. The van der Waals surface area contributed by atoms with Crippen molar-refractivity contribution in [2.75, 3.05) is 43.6 Å². The summed E-state index contributed by atoms with van der Waals surface area (Å²) in [5, 5.41) is 2.91. The number of rotatable bonds is 8. The third-order valence-corrected chi connectivity index (χ3v) is 6.10. The zero-order valence-corrected chi connectivity index (χ0v) is 18.9. The Morgan fingerprint density at radius 3 is 2.25 bits per heavy atom. The molecule has 0 fully saturated rings. The molecule has 32 heavy (non-hydrogen) atoms. The highest BCUT2D eigenvalue weighted by atomic mass is 16.5. The van der Waals surface area contributed by atoms with E-state index in [1.165, 1.54) is 22.3 Å². The van der Waals surface area contributed by atoms with Crippen molar-refractivity contribution in [1.82, 2.24) is 0 Å². The van der Waals surface area contributed by atoms with E-state index in [0.29, 0.717) is 13.2 Å². The summed E-state index contributed by atoms with van der Waals surface area (Å²) in [6.45, 7) is 6.80. The average Bonchev–Trinajstić information content (AvgIpc) is 3.13. The van der Waals surface area contributed by atoms with Crippen molar-refractivity contribution < 1.29 is 14.3 Å². The molecule has 0 bridgehead atoms. The Kier molecular flexibility index (Phi) is 6.76. The van der Waals surface area contributed by atoms with Crippen LogP contribution in [0.5, 0.6) is 0 Å². The van der Waals surface area contributed by atoms with Crippen LogP contribution in [-0.4, -0.2) is 39.5 Å². The molecule has 0 saturated carbocycles. The summed E-state index contributed by atoms with van der Waals surface area (Å²) >= 11 is 0. The predicted molar refractivity (Wildman–Crippen MR) is 130 cm³/mol. The highest BCUT2D eigenvalue weighted by Crippen LogP contribution is 2.44. The smallest absolute Gasteiger partial charge is 0.411 e. The molecule has 3 aromatic rings. The molecule has 3 aromatic carbocycles. The molecular weight excluding hydrogens is 400 g/mol. The number of fused-ring (bicyclic) bond motifs is 3. The number of anilines is 2. The molecular formula is C27H30N2O3. The molecule has 0 unspecified atom stereocenters. The van der Waals surface area contributed by atoms with Gasteiger partial charge in [-0.3, -0.25) is 5.32 Å². The van der Waals surface area contributed by atoms with Crippen molar-refractivity contribution in [1.29, 1.82) is 0 Å². The van der Waals surface area contributed by atoms with Crippen LogP contribution in [0.1, 0.15) is 29.5 Å². The Balaban J connectivity index is 1.42. The number of hydrogen-bond donors (Lipinski definition) is 1. The third-order valence-electron chi connectivity index (χ3n) is 6.10. The zero-order valence-electron chi connectivity index (χ0n) is 18.9. The van der Waals surface area contributed by atoms with Crippen molar-refractivity contribution >= 4 is 17.5 Å². The van der Waals surface area contributed by atoms with Crippen LogP contribution in [-0.2, 0) is 9.47 Å². The van der Waals surface area contributed by atoms with Gasteiger partial charge in [0.05, 0.1) is 6.61 Å². The molecule has 0 atom stereocenters.